The second kappa shape index (κ2) is 4.18. The maximum Gasteiger partial charge on any atom is 0.469 e. The Bertz CT molecular complexity index is 496. The SMILES string of the molecule is COc1ncc(C2(B3OC(C)(C)C(C)(C)O3)CC2)cn1. The third-order valence-electron chi connectivity index (χ3n) is 4.88. The van der Waals surface area contributed by atoms with Crippen molar-refractivity contribution >= 4 is 7.12 Å². The zero-order chi connectivity index (χ0) is 14.6. The fourth-order valence-corrected chi connectivity index (χ4v) is 2.54. The molecular weight excluding hydrogens is 255 g/mol. The molecule has 0 N–H and O–H groups in total. The van der Waals surface area contributed by atoms with E-state index >= 15 is 0 Å². The molecule has 2 aliphatic rings. The molecular formula is C14H21BN2O3. The lowest BCUT2D eigenvalue weighted by molar-refractivity contribution is 0.00578. The third-order valence-corrected chi connectivity index (χ3v) is 4.88. The van der Waals surface area contributed by atoms with Crippen LogP contribution in [0.4, 0.5) is 0 Å². The first-order valence-corrected chi connectivity index (χ1v) is 7.03. The van der Waals surface area contributed by atoms with E-state index in [0.29, 0.717) is 6.01 Å². The summed E-state index contributed by atoms with van der Waals surface area (Å²) in [5.74, 6) is 0. The van der Waals surface area contributed by atoms with Crippen molar-refractivity contribution in [1.29, 1.82) is 0 Å². The van der Waals surface area contributed by atoms with E-state index in [-0.39, 0.29) is 23.6 Å². The highest BCUT2D eigenvalue weighted by Gasteiger charge is 2.65. The molecule has 0 atom stereocenters. The van der Waals surface area contributed by atoms with Crippen molar-refractivity contribution < 1.29 is 14.0 Å². The van der Waals surface area contributed by atoms with Gasteiger partial charge in [0, 0.05) is 17.7 Å². The Morgan fingerprint density at radius 1 is 1.05 bits per heavy atom. The Hall–Kier alpha value is -1.14. The van der Waals surface area contributed by atoms with Gasteiger partial charge in [0.05, 0.1) is 18.3 Å². The summed E-state index contributed by atoms with van der Waals surface area (Å²) < 4.78 is 17.4. The van der Waals surface area contributed by atoms with Gasteiger partial charge >= 0.3 is 13.1 Å². The molecule has 1 saturated carbocycles. The Balaban J connectivity index is 1.86. The van der Waals surface area contributed by atoms with Gasteiger partial charge in [-0.15, -0.1) is 0 Å². The monoisotopic (exact) mass is 276 g/mol. The Labute approximate surface area is 120 Å². The molecule has 0 amide bonds. The fraction of sp³-hybridized carbons (Fsp3) is 0.714. The topological polar surface area (TPSA) is 53.5 Å². The number of aromatic nitrogens is 2. The van der Waals surface area contributed by atoms with Crippen LogP contribution in [0, 0.1) is 0 Å². The molecule has 1 aromatic rings. The number of hydrogen-bond donors (Lipinski definition) is 0. The predicted molar refractivity (Wildman–Crippen MR) is 75.6 cm³/mol. The Kier molecular flexibility index (Phi) is 2.89. The quantitative estimate of drug-likeness (QED) is 0.792. The predicted octanol–water partition coefficient (Wildman–Crippen LogP) is 2.15. The number of ether oxygens (including phenoxy) is 1. The molecule has 0 bridgehead atoms. The van der Waals surface area contributed by atoms with Crippen molar-refractivity contribution in [3.8, 4) is 6.01 Å². The van der Waals surface area contributed by atoms with Gasteiger partial charge in [0.1, 0.15) is 0 Å². The van der Waals surface area contributed by atoms with E-state index < -0.39 is 0 Å². The van der Waals surface area contributed by atoms with Gasteiger partial charge < -0.3 is 14.0 Å². The van der Waals surface area contributed by atoms with Crippen LogP contribution in [0.5, 0.6) is 6.01 Å². The van der Waals surface area contributed by atoms with Gasteiger partial charge in [-0.25, -0.2) is 9.97 Å². The van der Waals surface area contributed by atoms with Crippen molar-refractivity contribution in [2.45, 2.75) is 57.1 Å². The molecule has 1 aromatic heterocycles. The summed E-state index contributed by atoms with van der Waals surface area (Å²) in [6, 6.07) is 0.387. The molecule has 0 aromatic carbocycles. The van der Waals surface area contributed by atoms with E-state index in [2.05, 4.69) is 37.7 Å². The van der Waals surface area contributed by atoms with Crippen LogP contribution in [0.25, 0.3) is 0 Å². The first-order chi connectivity index (χ1) is 9.31. The second-order valence-electron chi connectivity index (χ2n) is 6.70. The normalized spacial score (nSPS) is 25.6. The lowest BCUT2D eigenvalue weighted by atomic mass is 9.65. The van der Waals surface area contributed by atoms with E-state index in [0.717, 1.165) is 18.4 Å². The van der Waals surface area contributed by atoms with Crippen molar-refractivity contribution in [2.75, 3.05) is 7.11 Å². The van der Waals surface area contributed by atoms with Gasteiger partial charge in [0.2, 0.25) is 0 Å². The highest BCUT2D eigenvalue weighted by molar-refractivity contribution is 6.51. The number of rotatable bonds is 3. The number of hydrogen-bond acceptors (Lipinski definition) is 5. The van der Waals surface area contributed by atoms with Crippen LogP contribution in [0.3, 0.4) is 0 Å². The molecule has 3 rings (SSSR count). The minimum Gasteiger partial charge on any atom is -0.467 e. The fourth-order valence-electron chi connectivity index (χ4n) is 2.54. The summed E-state index contributed by atoms with van der Waals surface area (Å²) >= 11 is 0. The van der Waals surface area contributed by atoms with E-state index in [9.17, 15) is 0 Å². The lowest BCUT2D eigenvalue weighted by Gasteiger charge is -2.32. The van der Waals surface area contributed by atoms with Crippen molar-refractivity contribution in [3.05, 3.63) is 18.0 Å². The summed E-state index contributed by atoms with van der Waals surface area (Å²) in [5, 5.41) is -0.0999. The molecule has 0 unspecified atom stereocenters. The molecule has 5 nitrogen and oxygen atoms in total. The lowest BCUT2D eigenvalue weighted by Crippen LogP contribution is -2.41. The standard InChI is InChI=1S/C14H21BN2O3/c1-12(2)13(3,4)20-15(19-12)14(6-7-14)10-8-16-11(18-5)17-9-10/h8-9H,6-7H2,1-5H3. The first-order valence-electron chi connectivity index (χ1n) is 7.03. The first kappa shape index (κ1) is 13.8. The molecule has 6 heteroatoms. The van der Waals surface area contributed by atoms with Crippen molar-refractivity contribution in [1.82, 2.24) is 9.97 Å². The van der Waals surface area contributed by atoms with E-state index in [4.69, 9.17) is 14.0 Å². The molecule has 20 heavy (non-hydrogen) atoms. The molecule has 1 saturated heterocycles. The van der Waals surface area contributed by atoms with Gasteiger partial charge in [-0.1, -0.05) is 0 Å². The van der Waals surface area contributed by atoms with E-state index in [1.165, 1.54) is 0 Å². The molecule has 1 aliphatic heterocycles. The molecule has 2 fully saturated rings. The van der Waals surface area contributed by atoms with E-state index in [1.54, 1.807) is 7.11 Å². The average Bonchev–Trinajstić information content (AvgIpc) is 3.15. The van der Waals surface area contributed by atoms with Gasteiger partial charge in [-0.2, -0.15) is 0 Å². The van der Waals surface area contributed by atoms with Crippen molar-refractivity contribution in [2.24, 2.45) is 0 Å². The largest absolute Gasteiger partial charge is 0.469 e. The Morgan fingerprint density at radius 3 is 1.95 bits per heavy atom. The van der Waals surface area contributed by atoms with Gasteiger partial charge in [0.15, 0.2) is 0 Å². The highest BCUT2D eigenvalue weighted by Crippen LogP contribution is 2.55. The van der Waals surface area contributed by atoms with Gasteiger partial charge in [-0.05, 0) is 46.1 Å². The van der Waals surface area contributed by atoms with Gasteiger partial charge in [0.25, 0.3) is 0 Å². The van der Waals surface area contributed by atoms with Crippen LogP contribution in [0.2, 0.25) is 0 Å². The van der Waals surface area contributed by atoms with E-state index in [1.807, 2.05) is 12.4 Å². The summed E-state index contributed by atoms with van der Waals surface area (Å²) in [4.78, 5) is 8.41. The van der Waals surface area contributed by atoms with Crippen LogP contribution in [-0.4, -0.2) is 35.4 Å². The summed E-state index contributed by atoms with van der Waals surface area (Å²) in [5.41, 5.74) is 0.457. The third kappa shape index (κ3) is 1.93. The molecule has 2 heterocycles. The molecule has 1 aliphatic carbocycles. The summed E-state index contributed by atoms with van der Waals surface area (Å²) in [6.07, 6.45) is 5.73. The molecule has 0 spiro atoms. The molecule has 0 radical (unpaired) electrons. The van der Waals surface area contributed by atoms with Crippen LogP contribution in [0.1, 0.15) is 46.1 Å². The maximum atomic E-state index is 6.19. The minimum absolute atomic E-state index is 0.0999. The highest BCUT2D eigenvalue weighted by atomic mass is 16.7. The Morgan fingerprint density at radius 2 is 1.55 bits per heavy atom. The number of methoxy groups -OCH3 is 1. The zero-order valence-electron chi connectivity index (χ0n) is 12.8. The van der Waals surface area contributed by atoms with Crippen molar-refractivity contribution in [3.63, 3.8) is 0 Å². The zero-order valence-corrected chi connectivity index (χ0v) is 12.8. The maximum absolute atomic E-state index is 6.19. The summed E-state index contributed by atoms with van der Waals surface area (Å²) in [7, 11) is 1.33. The molecule has 108 valence electrons. The summed E-state index contributed by atoms with van der Waals surface area (Å²) in [6.45, 7) is 8.31. The average molecular weight is 276 g/mol. The van der Waals surface area contributed by atoms with Crippen LogP contribution < -0.4 is 4.74 Å². The smallest absolute Gasteiger partial charge is 0.467 e. The van der Waals surface area contributed by atoms with Crippen LogP contribution >= 0.6 is 0 Å². The number of nitrogens with zero attached hydrogens (tertiary/aromatic N) is 2. The van der Waals surface area contributed by atoms with Gasteiger partial charge in [-0.3, -0.25) is 0 Å². The second-order valence-corrected chi connectivity index (χ2v) is 6.70. The minimum atomic E-state index is -0.305. The van der Waals surface area contributed by atoms with Crippen LogP contribution in [0.15, 0.2) is 12.4 Å². The van der Waals surface area contributed by atoms with Crippen LogP contribution in [-0.2, 0) is 14.6 Å².